The van der Waals surface area contributed by atoms with E-state index in [1.165, 1.54) is 34.9 Å². The van der Waals surface area contributed by atoms with Crippen LogP contribution in [0.15, 0.2) is 42.9 Å². The third-order valence-electron chi connectivity index (χ3n) is 3.82. The van der Waals surface area contributed by atoms with Gasteiger partial charge in [0.05, 0.1) is 17.8 Å². The molecular formula is C16H15N3. The third kappa shape index (κ3) is 1.82. The topological polar surface area (TPSA) is 30.7 Å². The summed E-state index contributed by atoms with van der Waals surface area (Å²) in [7, 11) is 0. The highest BCUT2D eigenvalue weighted by atomic mass is 15.3. The number of nitrogens with zero attached hydrogens (tertiary/aromatic N) is 3. The fourth-order valence-corrected chi connectivity index (χ4v) is 2.49. The first-order valence-corrected chi connectivity index (χ1v) is 6.71. The van der Waals surface area contributed by atoms with Crippen LogP contribution in [0.2, 0.25) is 0 Å². The van der Waals surface area contributed by atoms with E-state index in [0.717, 1.165) is 5.52 Å². The van der Waals surface area contributed by atoms with E-state index < -0.39 is 0 Å². The SMILES string of the molecule is Cc1ccnc2ccc(-c3cnn(C4CC4)c3)cc12. The minimum atomic E-state index is 0.637. The molecule has 1 aliphatic carbocycles. The van der Waals surface area contributed by atoms with Crippen LogP contribution in [0.25, 0.3) is 22.0 Å². The fourth-order valence-electron chi connectivity index (χ4n) is 2.49. The molecule has 1 aromatic carbocycles. The Hall–Kier alpha value is -2.16. The van der Waals surface area contributed by atoms with E-state index in [4.69, 9.17) is 0 Å². The van der Waals surface area contributed by atoms with Gasteiger partial charge in [-0.05, 0) is 49.1 Å². The summed E-state index contributed by atoms with van der Waals surface area (Å²) in [5, 5.41) is 5.68. The van der Waals surface area contributed by atoms with E-state index in [-0.39, 0.29) is 0 Å². The second-order valence-corrected chi connectivity index (χ2v) is 5.30. The van der Waals surface area contributed by atoms with Crippen molar-refractivity contribution in [2.24, 2.45) is 0 Å². The maximum atomic E-state index is 4.46. The lowest BCUT2D eigenvalue weighted by Gasteiger charge is -2.03. The molecule has 2 aromatic heterocycles. The lowest BCUT2D eigenvalue weighted by Crippen LogP contribution is -1.91. The van der Waals surface area contributed by atoms with E-state index in [2.05, 4.69) is 52.2 Å². The highest BCUT2D eigenvalue weighted by Crippen LogP contribution is 2.35. The zero-order valence-corrected chi connectivity index (χ0v) is 10.9. The number of hydrogen-bond donors (Lipinski definition) is 0. The van der Waals surface area contributed by atoms with Gasteiger partial charge in [0.1, 0.15) is 0 Å². The summed E-state index contributed by atoms with van der Waals surface area (Å²) in [6.45, 7) is 2.13. The molecule has 0 amide bonds. The van der Waals surface area contributed by atoms with Crippen molar-refractivity contribution < 1.29 is 0 Å². The van der Waals surface area contributed by atoms with Crippen molar-refractivity contribution in [3.05, 3.63) is 48.4 Å². The van der Waals surface area contributed by atoms with Crippen molar-refractivity contribution in [2.45, 2.75) is 25.8 Å². The molecule has 0 saturated heterocycles. The van der Waals surface area contributed by atoms with Crippen molar-refractivity contribution in [3.63, 3.8) is 0 Å². The molecule has 4 rings (SSSR count). The minimum absolute atomic E-state index is 0.637. The molecule has 3 aromatic rings. The second kappa shape index (κ2) is 3.92. The molecule has 1 aliphatic rings. The first kappa shape index (κ1) is 10.7. The van der Waals surface area contributed by atoms with Crippen LogP contribution in [0, 0.1) is 6.92 Å². The van der Waals surface area contributed by atoms with E-state index >= 15 is 0 Å². The van der Waals surface area contributed by atoms with Crippen LogP contribution in [-0.2, 0) is 0 Å². The van der Waals surface area contributed by atoms with Gasteiger partial charge in [0.25, 0.3) is 0 Å². The number of pyridine rings is 1. The molecule has 0 aliphatic heterocycles. The van der Waals surface area contributed by atoms with Crippen molar-refractivity contribution >= 4 is 10.9 Å². The summed E-state index contributed by atoms with van der Waals surface area (Å²) in [4.78, 5) is 4.40. The largest absolute Gasteiger partial charge is 0.269 e. The molecule has 2 heterocycles. The van der Waals surface area contributed by atoms with Gasteiger partial charge in [-0.3, -0.25) is 9.67 Å². The van der Waals surface area contributed by atoms with E-state index in [1.54, 1.807) is 0 Å². The Bertz CT molecular complexity index is 754. The standard InChI is InChI=1S/C16H15N3/c1-11-6-7-17-16-5-2-12(8-15(11)16)13-9-18-19(10-13)14-3-4-14/h2,5-10,14H,3-4H2,1H3. The average molecular weight is 249 g/mol. The maximum Gasteiger partial charge on any atom is 0.0705 e. The predicted octanol–water partition coefficient (Wildman–Crippen LogP) is 3.74. The third-order valence-corrected chi connectivity index (χ3v) is 3.82. The molecule has 0 unspecified atom stereocenters. The Morgan fingerprint density at radius 2 is 2.05 bits per heavy atom. The highest BCUT2D eigenvalue weighted by molar-refractivity contribution is 5.86. The Morgan fingerprint density at radius 1 is 1.16 bits per heavy atom. The van der Waals surface area contributed by atoms with Crippen LogP contribution >= 0.6 is 0 Å². The average Bonchev–Trinajstić information content (AvgIpc) is 3.17. The summed E-state index contributed by atoms with van der Waals surface area (Å²) >= 11 is 0. The van der Waals surface area contributed by atoms with Crippen molar-refractivity contribution in [1.82, 2.24) is 14.8 Å². The quantitative estimate of drug-likeness (QED) is 0.692. The molecule has 0 bridgehead atoms. The zero-order chi connectivity index (χ0) is 12.8. The Balaban J connectivity index is 1.83. The number of fused-ring (bicyclic) bond motifs is 1. The van der Waals surface area contributed by atoms with Crippen LogP contribution in [-0.4, -0.2) is 14.8 Å². The molecule has 0 spiro atoms. The van der Waals surface area contributed by atoms with Crippen LogP contribution in [0.3, 0.4) is 0 Å². The number of hydrogen-bond acceptors (Lipinski definition) is 2. The number of aromatic nitrogens is 3. The number of aryl methyl sites for hydroxylation is 1. The molecule has 94 valence electrons. The van der Waals surface area contributed by atoms with Gasteiger partial charge in [-0.2, -0.15) is 5.10 Å². The van der Waals surface area contributed by atoms with Gasteiger partial charge < -0.3 is 0 Å². The Morgan fingerprint density at radius 3 is 2.89 bits per heavy atom. The zero-order valence-electron chi connectivity index (χ0n) is 10.9. The normalized spacial score (nSPS) is 15.0. The summed E-state index contributed by atoms with van der Waals surface area (Å²) < 4.78 is 2.09. The van der Waals surface area contributed by atoms with Gasteiger partial charge >= 0.3 is 0 Å². The van der Waals surface area contributed by atoms with Gasteiger partial charge in [-0.15, -0.1) is 0 Å². The van der Waals surface area contributed by atoms with Gasteiger partial charge in [0.2, 0.25) is 0 Å². The minimum Gasteiger partial charge on any atom is -0.269 e. The van der Waals surface area contributed by atoms with Crippen LogP contribution in [0.1, 0.15) is 24.4 Å². The lowest BCUT2D eigenvalue weighted by molar-refractivity contribution is 0.642. The molecule has 3 nitrogen and oxygen atoms in total. The van der Waals surface area contributed by atoms with Crippen molar-refractivity contribution in [2.75, 3.05) is 0 Å². The molecular weight excluding hydrogens is 234 g/mol. The molecule has 0 atom stereocenters. The Kier molecular flexibility index (Phi) is 2.21. The summed E-state index contributed by atoms with van der Waals surface area (Å²) in [5.41, 5.74) is 4.73. The maximum absolute atomic E-state index is 4.46. The molecule has 1 saturated carbocycles. The molecule has 1 fully saturated rings. The van der Waals surface area contributed by atoms with Crippen LogP contribution < -0.4 is 0 Å². The molecule has 0 radical (unpaired) electrons. The summed E-state index contributed by atoms with van der Waals surface area (Å²) in [6, 6.07) is 9.12. The predicted molar refractivity (Wildman–Crippen MR) is 76.0 cm³/mol. The first-order chi connectivity index (χ1) is 9.31. The molecule has 19 heavy (non-hydrogen) atoms. The van der Waals surface area contributed by atoms with Gasteiger partial charge in [-0.25, -0.2) is 0 Å². The van der Waals surface area contributed by atoms with E-state index in [9.17, 15) is 0 Å². The van der Waals surface area contributed by atoms with Crippen molar-refractivity contribution in [1.29, 1.82) is 0 Å². The number of benzene rings is 1. The molecule has 3 heteroatoms. The van der Waals surface area contributed by atoms with Crippen molar-refractivity contribution in [3.8, 4) is 11.1 Å². The number of rotatable bonds is 2. The second-order valence-electron chi connectivity index (χ2n) is 5.30. The smallest absolute Gasteiger partial charge is 0.0705 e. The van der Waals surface area contributed by atoms with Crippen LogP contribution in [0.5, 0.6) is 0 Å². The van der Waals surface area contributed by atoms with E-state index in [1.807, 2.05) is 12.4 Å². The lowest BCUT2D eigenvalue weighted by atomic mass is 10.0. The monoisotopic (exact) mass is 249 g/mol. The first-order valence-electron chi connectivity index (χ1n) is 6.71. The highest BCUT2D eigenvalue weighted by Gasteiger charge is 2.24. The Labute approximate surface area is 111 Å². The fraction of sp³-hybridized carbons (Fsp3) is 0.250. The van der Waals surface area contributed by atoms with Gasteiger partial charge in [-0.1, -0.05) is 6.07 Å². The van der Waals surface area contributed by atoms with Crippen LogP contribution in [0.4, 0.5) is 0 Å². The van der Waals surface area contributed by atoms with E-state index in [0.29, 0.717) is 6.04 Å². The molecule has 0 N–H and O–H groups in total. The summed E-state index contributed by atoms with van der Waals surface area (Å²) in [6.07, 6.45) is 8.52. The van der Waals surface area contributed by atoms with Gasteiger partial charge in [0, 0.05) is 23.3 Å². The summed E-state index contributed by atoms with van der Waals surface area (Å²) in [5.74, 6) is 0. The van der Waals surface area contributed by atoms with Gasteiger partial charge in [0.15, 0.2) is 0 Å².